The van der Waals surface area contributed by atoms with Crippen LogP contribution in [-0.4, -0.2) is 45.1 Å². The molecule has 0 saturated heterocycles. The van der Waals surface area contributed by atoms with Gasteiger partial charge in [-0.3, -0.25) is 15.0 Å². The van der Waals surface area contributed by atoms with Gasteiger partial charge in [0.25, 0.3) is 5.69 Å². The van der Waals surface area contributed by atoms with Crippen molar-refractivity contribution in [1.29, 1.82) is 0 Å². The number of nitrogens with zero attached hydrogens (tertiary/aromatic N) is 2. The maximum atomic E-state index is 11.6. The fourth-order valence-corrected chi connectivity index (χ4v) is 2.91. The van der Waals surface area contributed by atoms with Crippen molar-refractivity contribution < 1.29 is 17.8 Å². The highest BCUT2D eigenvalue weighted by atomic mass is 32.2. The van der Waals surface area contributed by atoms with E-state index in [9.17, 15) is 18.5 Å². The van der Waals surface area contributed by atoms with Crippen LogP contribution in [0.1, 0.15) is 11.8 Å². The van der Waals surface area contributed by atoms with Crippen molar-refractivity contribution in [2.24, 2.45) is 0 Å². The van der Waals surface area contributed by atoms with Gasteiger partial charge in [-0.05, 0) is 38.4 Å². The van der Waals surface area contributed by atoms with Crippen molar-refractivity contribution in [1.82, 2.24) is 4.90 Å². The van der Waals surface area contributed by atoms with Crippen LogP contribution in [0.5, 0.6) is 0 Å². The van der Waals surface area contributed by atoms with Crippen molar-refractivity contribution in [3.05, 3.63) is 52.5 Å². The minimum Gasteiger partial charge on any atom is -0.468 e. The van der Waals surface area contributed by atoms with Crippen LogP contribution in [0.2, 0.25) is 0 Å². The van der Waals surface area contributed by atoms with Crippen molar-refractivity contribution >= 4 is 21.2 Å². The summed E-state index contributed by atoms with van der Waals surface area (Å²) in [4.78, 5) is 12.5. The normalized spacial score (nSPS) is 13.0. The molecule has 0 unspecified atom stereocenters. The number of furan rings is 1. The molecule has 0 aliphatic rings. The number of anilines is 1. The Kier molecular flexibility index (Phi) is 5.25. The summed E-state index contributed by atoms with van der Waals surface area (Å²) >= 11 is 0. The Morgan fingerprint density at radius 1 is 1.33 bits per heavy atom. The van der Waals surface area contributed by atoms with E-state index >= 15 is 0 Å². The molecule has 8 nitrogen and oxygen atoms in total. The van der Waals surface area contributed by atoms with Crippen LogP contribution >= 0.6 is 0 Å². The van der Waals surface area contributed by atoms with Gasteiger partial charge in [0, 0.05) is 18.9 Å². The van der Waals surface area contributed by atoms with E-state index in [1.54, 1.807) is 12.3 Å². The number of rotatable bonds is 7. The number of sulfone groups is 1. The molecule has 0 aliphatic carbocycles. The van der Waals surface area contributed by atoms with Gasteiger partial charge in [-0.1, -0.05) is 0 Å². The quantitative estimate of drug-likeness (QED) is 0.601. The SMILES string of the molecule is CN(C)[C@H](CNc1ccc(S(C)(=O)=O)cc1[N+](=O)[O-])c1ccco1. The fraction of sp³-hybridized carbons (Fsp3) is 0.333. The highest BCUT2D eigenvalue weighted by Gasteiger charge is 2.21. The molecule has 0 amide bonds. The number of nitrogens with one attached hydrogen (secondary N) is 1. The van der Waals surface area contributed by atoms with Gasteiger partial charge in [-0.2, -0.15) is 0 Å². The van der Waals surface area contributed by atoms with Crippen LogP contribution in [0.15, 0.2) is 45.9 Å². The Labute approximate surface area is 140 Å². The average molecular weight is 353 g/mol. The van der Waals surface area contributed by atoms with E-state index in [2.05, 4.69) is 5.32 Å². The number of hydrogen-bond donors (Lipinski definition) is 1. The maximum absolute atomic E-state index is 11.6. The first kappa shape index (κ1) is 18.0. The molecule has 9 heteroatoms. The van der Waals surface area contributed by atoms with E-state index in [0.29, 0.717) is 6.54 Å². The lowest BCUT2D eigenvalue weighted by Gasteiger charge is -2.23. The highest BCUT2D eigenvalue weighted by molar-refractivity contribution is 7.90. The van der Waals surface area contributed by atoms with Gasteiger partial charge in [0.15, 0.2) is 9.84 Å². The van der Waals surface area contributed by atoms with Gasteiger partial charge in [0.05, 0.1) is 22.1 Å². The second kappa shape index (κ2) is 7.02. The smallest absolute Gasteiger partial charge is 0.293 e. The van der Waals surface area contributed by atoms with E-state index in [0.717, 1.165) is 18.1 Å². The first-order chi connectivity index (χ1) is 11.2. The van der Waals surface area contributed by atoms with Gasteiger partial charge < -0.3 is 9.73 Å². The van der Waals surface area contributed by atoms with Crippen molar-refractivity contribution in [3.63, 3.8) is 0 Å². The first-order valence-corrected chi connectivity index (χ1v) is 9.01. The lowest BCUT2D eigenvalue weighted by Crippen LogP contribution is -2.26. The molecule has 2 aromatic rings. The number of nitro groups is 1. The van der Waals surface area contributed by atoms with E-state index < -0.39 is 14.8 Å². The number of nitro benzene ring substituents is 1. The van der Waals surface area contributed by atoms with Crippen LogP contribution in [0.4, 0.5) is 11.4 Å². The predicted molar refractivity (Wildman–Crippen MR) is 89.8 cm³/mol. The van der Waals surface area contributed by atoms with Crippen LogP contribution in [0, 0.1) is 10.1 Å². The van der Waals surface area contributed by atoms with Crippen molar-refractivity contribution in [3.8, 4) is 0 Å². The summed E-state index contributed by atoms with van der Waals surface area (Å²) in [6, 6.07) is 7.29. The highest BCUT2D eigenvalue weighted by Crippen LogP contribution is 2.29. The van der Waals surface area contributed by atoms with Gasteiger partial charge in [-0.25, -0.2) is 8.42 Å². The minimum absolute atomic E-state index is 0.0880. The molecule has 0 spiro atoms. The fourth-order valence-electron chi connectivity index (χ4n) is 2.27. The molecule has 0 radical (unpaired) electrons. The van der Waals surface area contributed by atoms with Crippen LogP contribution < -0.4 is 5.32 Å². The minimum atomic E-state index is -3.51. The monoisotopic (exact) mass is 353 g/mol. The molecular weight excluding hydrogens is 334 g/mol. The van der Waals surface area contributed by atoms with Gasteiger partial charge >= 0.3 is 0 Å². The molecule has 2 rings (SSSR count). The Bertz CT molecular complexity index is 816. The summed E-state index contributed by atoms with van der Waals surface area (Å²) in [5, 5.41) is 14.3. The lowest BCUT2D eigenvalue weighted by molar-refractivity contribution is -0.384. The van der Waals surface area contributed by atoms with Gasteiger partial charge in [0.1, 0.15) is 11.4 Å². The Morgan fingerprint density at radius 3 is 2.54 bits per heavy atom. The molecular formula is C15H19N3O5S. The molecule has 1 atom stereocenters. The molecule has 1 aromatic heterocycles. The average Bonchev–Trinajstić information content (AvgIpc) is 3.00. The van der Waals surface area contributed by atoms with Crippen LogP contribution in [0.25, 0.3) is 0 Å². The number of likely N-dealkylation sites (N-methyl/N-ethyl adjacent to an activating group) is 1. The second-order valence-electron chi connectivity index (χ2n) is 5.58. The summed E-state index contributed by atoms with van der Waals surface area (Å²) in [5.74, 6) is 0.725. The van der Waals surface area contributed by atoms with Crippen molar-refractivity contribution in [2.75, 3.05) is 32.2 Å². The van der Waals surface area contributed by atoms with Crippen LogP contribution in [0.3, 0.4) is 0 Å². The van der Waals surface area contributed by atoms with E-state index in [-0.39, 0.29) is 22.3 Å². The summed E-state index contributed by atoms with van der Waals surface area (Å²) in [6.07, 6.45) is 2.58. The first-order valence-electron chi connectivity index (χ1n) is 7.12. The Hall–Kier alpha value is -2.39. The second-order valence-corrected chi connectivity index (χ2v) is 7.60. The third-order valence-electron chi connectivity index (χ3n) is 3.57. The molecule has 0 saturated carbocycles. The molecule has 0 bridgehead atoms. The molecule has 0 fully saturated rings. The third kappa shape index (κ3) is 4.12. The summed E-state index contributed by atoms with van der Waals surface area (Å²) < 4.78 is 28.5. The van der Waals surface area contributed by atoms with Gasteiger partial charge in [-0.15, -0.1) is 0 Å². The summed E-state index contributed by atoms with van der Waals surface area (Å²) in [7, 11) is 0.231. The summed E-state index contributed by atoms with van der Waals surface area (Å²) in [5.41, 5.74) is -0.0271. The number of benzene rings is 1. The van der Waals surface area contributed by atoms with E-state index in [1.807, 2.05) is 25.1 Å². The maximum Gasteiger partial charge on any atom is 0.293 e. The van der Waals surface area contributed by atoms with E-state index in [4.69, 9.17) is 4.42 Å². The van der Waals surface area contributed by atoms with Crippen molar-refractivity contribution in [2.45, 2.75) is 10.9 Å². The zero-order valence-electron chi connectivity index (χ0n) is 13.6. The molecule has 0 aliphatic heterocycles. The lowest BCUT2D eigenvalue weighted by atomic mass is 10.2. The molecule has 24 heavy (non-hydrogen) atoms. The molecule has 1 heterocycles. The number of hydrogen-bond acceptors (Lipinski definition) is 7. The standard InChI is InChI=1S/C15H19N3O5S/c1-17(2)14(15-5-4-8-23-15)10-16-12-7-6-11(24(3,21)22)9-13(12)18(19)20/h4-9,14,16H,10H2,1-3H3/t14-/m1/s1. The molecule has 1 N–H and O–H groups in total. The van der Waals surface area contributed by atoms with Gasteiger partial charge in [0.2, 0.25) is 0 Å². The van der Waals surface area contributed by atoms with Crippen LogP contribution in [-0.2, 0) is 9.84 Å². The third-order valence-corrected chi connectivity index (χ3v) is 4.69. The summed E-state index contributed by atoms with van der Waals surface area (Å²) in [6.45, 7) is 0.361. The predicted octanol–water partition coefficient (Wildman–Crippen LogP) is 2.31. The molecule has 130 valence electrons. The zero-order valence-corrected chi connectivity index (χ0v) is 14.4. The van der Waals surface area contributed by atoms with E-state index in [1.165, 1.54) is 12.1 Å². The zero-order chi connectivity index (χ0) is 17.9. The largest absolute Gasteiger partial charge is 0.468 e. The Morgan fingerprint density at radius 2 is 2.04 bits per heavy atom. The topological polar surface area (TPSA) is 106 Å². The Balaban J connectivity index is 2.27. The molecule has 1 aromatic carbocycles.